The molecule has 21 heavy (non-hydrogen) atoms. The average Bonchev–Trinajstić information content (AvgIpc) is 2.73. The normalized spacial score (nSPS) is 10.5. The number of benzene rings is 1. The van der Waals surface area contributed by atoms with E-state index in [2.05, 4.69) is 20.9 Å². The van der Waals surface area contributed by atoms with Gasteiger partial charge < -0.3 is 9.72 Å². The minimum Gasteiger partial charge on any atom is -0.461 e. The maximum Gasteiger partial charge on any atom is 0.355 e. The Morgan fingerprint density at radius 3 is 2.71 bits per heavy atom. The molecule has 0 bridgehead atoms. The van der Waals surface area contributed by atoms with Gasteiger partial charge in [0.25, 0.3) is 0 Å². The van der Waals surface area contributed by atoms with Crippen LogP contribution in [0.2, 0.25) is 5.15 Å². The van der Waals surface area contributed by atoms with Gasteiger partial charge in [0.05, 0.1) is 12.2 Å². The zero-order chi connectivity index (χ0) is 15.6. The monoisotopic (exact) mass is 369 g/mol. The van der Waals surface area contributed by atoms with Crippen LogP contribution < -0.4 is 0 Å². The zero-order valence-electron chi connectivity index (χ0n) is 11.5. The molecular weight excluding hydrogens is 358 g/mol. The molecular formula is C15H13BrClNO3. The first-order valence-electron chi connectivity index (χ1n) is 6.31. The third-order valence-electron chi connectivity index (χ3n) is 3.00. The quantitative estimate of drug-likeness (QED) is 0.650. The lowest BCUT2D eigenvalue weighted by Crippen LogP contribution is -2.08. The molecule has 1 N–H and O–H groups in total. The van der Waals surface area contributed by atoms with Crippen LogP contribution in [-0.2, 0) is 4.74 Å². The summed E-state index contributed by atoms with van der Waals surface area (Å²) in [5.74, 6) is -0.768. The van der Waals surface area contributed by atoms with E-state index in [1.54, 1.807) is 32.0 Å². The second kappa shape index (κ2) is 6.45. The van der Waals surface area contributed by atoms with Crippen molar-refractivity contribution in [2.75, 3.05) is 6.61 Å². The van der Waals surface area contributed by atoms with Crippen molar-refractivity contribution in [3.8, 4) is 0 Å². The summed E-state index contributed by atoms with van der Waals surface area (Å²) in [4.78, 5) is 27.1. The van der Waals surface area contributed by atoms with E-state index >= 15 is 0 Å². The molecule has 2 aromatic rings. The van der Waals surface area contributed by atoms with Crippen LogP contribution in [0.25, 0.3) is 0 Å². The predicted octanol–water partition coefficient (Wildman–Crippen LogP) is 4.15. The summed E-state index contributed by atoms with van der Waals surface area (Å²) in [7, 11) is 0. The van der Waals surface area contributed by atoms with Gasteiger partial charge in [-0.05, 0) is 31.5 Å². The highest BCUT2D eigenvalue weighted by molar-refractivity contribution is 9.10. The lowest BCUT2D eigenvalue weighted by molar-refractivity contribution is 0.0519. The Bertz CT molecular complexity index is 709. The van der Waals surface area contributed by atoms with Crippen molar-refractivity contribution in [2.24, 2.45) is 0 Å². The van der Waals surface area contributed by atoms with Crippen molar-refractivity contribution in [1.29, 1.82) is 0 Å². The van der Waals surface area contributed by atoms with Crippen molar-refractivity contribution in [3.05, 3.63) is 56.3 Å². The summed E-state index contributed by atoms with van der Waals surface area (Å²) in [6.45, 7) is 3.63. The summed E-state index contributed by atoms with van der Waals surface area (Å²) < 4.78 is 5.73. The van der Waals surface area contributed by atoms with Crippen LogP contribution in [0, 0.1) is 6.92 Å². The van der Waals surface area contributed by atoms with Gasteiger partial charge in [-0.15, -0.1) is 0 Å². The van der Waals surface area contributed by atoms with E-state index < -0.39 is 5.97 Å². The van der Waals surface area contributed by atoms with Crippen molar-refractivity contribution in [3.63, 3.8) is 0 Å². The zero-order valence-corrected chi connectivity index (χ0v) is 13.8. The highest BCUT2D eigenvalue weighted by Gasteiger charge is 2.24. The number of carbonyl (C=O) groups is 2. The fourth-order valence-electron chi connectivity index (χ4n) is 2.01. The summed E-state index contributed by atoms with van der Waals surface area (Å²) in [6.07, 6.45) is 0. The third-order valence-corrected chi connectivity index (χ3v) is 3.77. The summed E-state index contributed by atoms with van der Waals surface area (Å²) >= 11 is 9.40. The topological polar surface area (TPSA) is 59.2 Å². The molecule has 1 aromatic heterocycles. The van der Waals surface area contributed by atoms with E-state index in [0.717, 1.165) is 4.47 Å². The van der Waals surface area contributed by atoms with Gasteiger partial charge in [-0.2, -0.15) is 0 Å². The molecule has 0 atom stereocenters. The summed E-state index contributed by atoms with van der Waals surface area (Å²) in [5.41, 5.74) is 1.48. The highest BCUT2D eigenvalue weighted by atomic mass is 79.9. The van der Waals surface area contributed by atoms with Crippen LogP contribution in [0.15, 0.2) is 28.7 Å². The van der Waals surface area contributed by atoms with Crippen LogP contribution in [0.1, 0.15) is 38.9 Å². The molecule has 0 amide bonds. The molecule has 0 aliphatic carbocycles. The molecule has 0 unspecified atom stereocenters. The number of nitrogens with one attached hydrogen (secondary N) is 1. The second-order valence-corrected chi connectivity index (χ2v) is 5.67. The molecule has 0 radical (unpaired) electrons. The number of ether oxygens (including phenoxy) is 1. The molecule has 0 saturated heterocycles. The van der Waals surface area contributed by atoms with Crippen molar-refractivity contribution < 1.29 is 14.3 Å². The highest BCUT2D eigenvalue weighted by Crippen LogP contribution is 2.27. The van der Waals surface area contributed by atoms with Crippen LogP contribution in [0.3, 0.4) is 0 Å². The van der Waals surface area contributed by atoms with Gasteiger partial charge in [0, 0.05) is 10.0 Å². The van der Waals surface area contributed by atoms with Crippen LogP contribution in [0.4, 0.5) is 0 Å². The van der Waals surface area contributed by atoms with Gasteiger partial charge >= 0.3 is 5.97 Å². The largest absolute Gasteiger partial charge is 0.461 e. The minimum absolute atomic E-state index is 0.139. The van der Waals surface area contributed by atoms with Crippen LogP contribution in [-0.4, -0.2) is 23.3 Å². The molecule has 110 valence electrons. The van der Waals surface area contributed by atoms with E-state index in [9.17, 15) is 9.59 Å². The maximum atomic E-state index is 12.6. The standard InChI is InChI=1S/C15H13BrClNO3/c1-3-21-15(20)12-8(2)11(14(17)18-12)13(19)9-5-4-6-10(16)7-9/h4-7,18H,3H2,1-2H3. The molecule has 2 rings (SSSR count). The number of aromatic amines is 1. The van der Waals surface area contributed by atoms with Gasteiger partial charge in [0.1, 0.15) is 10.8 Å². The number of esters is 1. The Kier molecular flexibility index (Phi) is 4.85. The lowest BCUT2D eigenvalue weighted by Gasteiger charge is -2.03. The number of hydrogen-bond acceptors (Lipinski definition) is 3. The molecule has 0 aliphatic heterocycles. The molecule has 0 fully saturated rings. The number of rotatable bonds is 4. The Hall–Kier alpha value is -1.59. The summed E-state index contributed by atoms with van der Waals surface area (Å²) in [6, 6.07) is 6.99. The smallest absolute Gasteiger partial charge is 0.355 e. The van der Waals surface area contributed by atoms with Gasteiger partial charge in [0.15, 0.2) is 5.78 Å². The molecule has 0 saturated carbocycles. The van der Waals surface area contributed by atoms with Gasteiger partial charge in [-0.25, -0.2) is 4.79 Å². The van der Waals surface area contributed by atoms with E-state index in [1.165, 1.54) is 0 Å². The number of ketones is 1. The average molecular weight is 371 g/mol. The van der Waals surface area contributed by atoms with Gasteiger partial charge in [-0.1, -0.05) is 39.7 Å². The number of halogens is 2. The van der Waals surface area contributed by atoms with Crippen LogP contribution in [0.5, 0.6) is 0 Å². The Morgan fingerprint density at radius 1 is 1.38 bits per heavy atom. The lowest BCUT2D eigenvalue weighted by atomic mass is 10.0. The second-order valence-electron chi connectivity index (χ2n) is 4.37. The first-order valence-corrected chi connectivity index (χ1v) is 7.48. The molecule has 0 spiro atoms. The van der Waals surface area contributed by atoms with E-state index in [0.29, 0.717) is 11.1 Å². The maximum absolute atomic E-state index is 12.6. The molecule has 0 aliphatic rings. The SMILES string of the molecule is CCOC(=O)c1[nH]c(Cl)c(C(=O)c2cccc(Br)c2)c1C. The first-order chi connectivity index (χ1) is 9.95. The first kappa shape index (κ1) is 15.8. The molecule has 1 aromatic carbocycles. The molecule has 4 nitrogen and oxygen atoms in total. The van der Waals surface area contributed by atoms with E-state index in [1.807, 2.05) is 6.07 Å². The fraction of sp³-hybridized carbons (Fsp3) is 0.200. The molecule has 6 heteroatoms. The number of carbonyl (C=O) groups excluding carboxylic acids is 2. The Balaban J connectivity index is 2.45. The van der Waals surface area contributed by atoms with E-state index in [-0.39, 0.29) is 28.8 Å². The Morgan fingerprint density at radius 2 is 2.10 bits per heavy atom. The number of hydrogen-bond donors (Lipinski definition) is 1. The Labute approximate surface area is 135 Å². The van der Waals surface area contributed by atoms with Crippen molar-refractivity contribution in [1.82, 2.24) is 4.98 Å². The van der Waals surface area contributed by atoms with Crippen molar-refractivity contribution >= 4 is 39.3 Å². The number of H-pyrrole nitrogens is 1. The predicted molar refractivity (Wildman–Crippen MR) is 84.1 cm³/mol. The van der Waals surface area contributed by atoms with Gasteiger partial charge in [-0.3, -0.25) is 4.79 Å². The minimum atomic E-state index is -0.523. The molecule has 1 heterocycles. The van der Waals surface area contributed by atoms with Crippen LogP contribution >= 0.6 is 27.5 Å². The van der Waals surface area contributed by atoms with Crippen molar-refractivity contribution in [2.45, 2.75) is 13.8 Å². The van der Waals surface area contributed by atoms with Gasteiger partial charge in [0.2, 0.25) is 0 Å². The fourth-order valence-corrected chi connectivity index (χ4v) is 2.73. The van der Waals surface area contributed by atoms with E-state index in [4.69, 9.17) is 16.3 Å². The third kappa shape index (κ3) is 3.19. The number of aromatic nitrogens is 1. The summed E-state index contributed by atoms with van der Waals surface area (Å²) in [5, 5.41) is 0.139.